The number of aromatic nitrogens is 1. The first kappa shape index (κ1) is 18.7. The molecule has 138 valence electrons. The van der Waals surface area contributed by atoms with E-state index in [2.05, 4.69) is 10.5 Å². The number of hydrogen-bond donors (Lipinski definition) is 1. The Morgan fingerprint density at radius 1 is 1.11 bits per heavy atom. The fourth-order valence-corrected chi connectivity index (χ4v) is 2.71. The van der Waals surface area contributed by atoms with Crippen molar-refractivity contribution in [2.24, 2.45) is 0 Å². The number of hydrogen-bond acceptors (Lipinski definition) is 5. The van der Waals surface area contributed by atoms with Crippen molar-refractivity contribution in [2.75, 3.05) is 11.9 Å². The van der Waals surface area contributed by atoms with Crippen molar-refractivity contribution >= 4 is 29.2 Å². The zero-order valence-electron chi connectivity index (χ0n) is 14.8. The number of aryl methyl sites for hydroxylation is 2. The Balaban J connectivity index is 1.70. The fourth-order valence-electron chi connectivity index (χ4n) is 2.49. The molecule has 1 heterocycles. The minimum Gasteiger partial charge on any atom is -0.452 e. The third-order valence-corrected chi connectivity index (χ3v) is 4.20. The van der Waals surface area contributed by atoms with E-state index in [4.69, 9.17) is 20.9 Å². The first-order valence-electron chi connectivity index (χ1n) is 8.20. The molecular weight excluding hydrogens is 368 g/mol. The smallest absolute Gasteiger partial charge is 0.344 e. The number of carbonyl (C=O) groups is 2. The van der Waals surface area contributed by atoms with Gasteiger partial charge in [0.1, 0.15) is 17.0 Å². The third kappa shape index (κ3) is 4.35. The van der Waals surface area contributed by atoms with Crippen LogP contribution in [0.5, 0.6) is 0 Å². The van der Waals surface area contributed by atoms with E-state index in [9.17, 15) is 9.59 Å². The van der Waals surface area contributed by atoms with Crippen LogP contribution in [0.4, 0.5) is 5.69 Å². The molecule has 27 heavy (non-hydrogen) atoms. The molecule has 0 aliphatic carbocycles. The van der Waals surface area contributed by atoms with E-state index in [0.717, 1.165) is 5.56 Å². The van der Waals surface area contributed by atoms with Gasteiger partial charge in [-0.05, 0) is 32.0 Å². The van der Waals surface area contributed by atoms with Crippen LogP contribution < -0.4 is 5.32 Å². The first-order chi connectivity index (χ1) is 13.0. The Bertz CT molecular complexity index is 980. The number of nitrogens with zero attached hydrogens (tertiary/aromatic N) is 1. The molecule has 0 saturated carbocycles. The Kier molecular flexibility index (Phi) is 5.57. The van der Waals surface area contributed by atoms with Crippen LogP contribution in [0.1, 0.15) is 21.7 Å². The molecule has 0 aliphatic rings. The lowest BCUT2D eigenvalue weighted by Crippen LogP contribution is -2.21. The van der Waals surface area contributed by atoms with Gasteiger partial charge in [-0.25, -0.2) is 4.79 Å². The Morgan fingerprint density at radius 3 is 2.52 bits per heavy atom. The zero-order valence-corrected chi connectivity index (χ0v) is 15.5. The van der Waals surface area contributed by atoms with Crippen molar-refractivity contribution in [1.82, 2.24) is 5.16 Å². The van der Waals surface area contributed by atoms with Crippen molar-refractivity contribution < 1.29 is 18.8 Å². The maximum atomic E-state index is 12.5. The summed E-state index contributed by atoms with van der Waals surface area (Å²) in [6.45, 7) is 3.11. The van der Waals surface area contributed by atoms with Crippen LogP contribution in [-0.4, -0.2) is 23.6 Å². The summed E-state index contributed by atoms with van der Waals surface area (Å²) in [5, 5.41) is 7.00. The van der Waals surface area contributed by atoms with Gasteiger partial charge in [0.25, 0.3) is 5.91 Å². The highest BCUT2D eigenvalue weighted by molar-refractivity contribution is 6.33. The number of ether oxygens (including phenoxy) is 1. The lowest BCUT2D eigenvalue weighted by Gasteiger charge is -2.07. The average molecular weight is 385 g/mol. The number of nitrogens with one attached hydrogen (secondary N) is 1. The molecular formula is C20H17ClN2O4. The van der Waals surface area contributed by atoms with Crippen molar-refractivity contribution in [3.8, 4) is 11.3 Å². The Hall–Kier alpha value is -3.12. The number of anilines is 1. The summed E-state index contributed by atoms with van der Waals surface area (Å²) in [6, 6.07) is 14.2. The molecule has 1 N–H and O–H groups in total. The van der Waals surface area contributed by atoms with Crippen molar-refractivity contribution in [1.29, 1.82) is 0 Å². The van der Waals surface area contributed by atoms with Crippen LogP contribution in [0.3, 0.4) is 0 Å². The molecule has 3 aromatic rings. The SMILES string of the molecule is Cc1ccc(NC(=O)COC(=O)c2c(-c3ccccc3Cl)noc2C)cc1. The zero-order chi connectivity index (χ0) is 19.4. The summed E-state index contributed by atoms with van der Waals surface area (Å²) < 4.78 is 10.3. The normalized spacial score (nSPS) is 10.5. The largest absolute Gasteiger partial charge is 0.452 e. The minimum atomic E-state index is -0.706. The molecule has 7 heteroatoms. The summed E-state index contributed by atoms with van der Waals surface area (Å²) in [5.41, 5.74) is 2.68. The van der Waals surface area contributed by atoms with Gasteiger partial charge in [-0.15, -0.1) is 0 Å². The third-order valence-electron chi connectivity index (χ3n) is 3.87. The van der Waals surface area contributed by atoms with Crippen LogP contribution in [0, 0.1) is 13.8 Å². The number of carbonyl (C=O) groups excluding carboxylic acids is 2. The highest BCUT2D eigenvalue weighted by Gasteiger charge is 2.24. The topological polar surface area (TPSA) is 81.4 Å². The monoisotopic (exact) mass is 384 g/mol. The standard InChI is InChI=1S/C20H17ClN2O4/c1-12-7-9-14(10-8-12)22-17(24)11-26-20(25)18-13(2)27-23-19(18)15-5-3-4-6-16(15)21/h3-10H,11H2,1-2H3,(H,22,24). The number of benzene rings is 2. The van der Waals surface area contributed by atoms with Crippen LogP contribution in [0.15, 0.2) is 53.1 Å². The van der Waals surface area contributed by atoms with Gasteiger partial charge in [0.05, 0.1) is 5.02 Å². The van der Waals surface area contributed by atoms with Gasteiger partial charge in [0.15, 0.2) is 6.61 Å². The Labute approximate surface area is 161 Å². The molecule has 6 nitrogen and oxygen atoms in total. The van der Waals surface area contributed by atoms with Gasteiger partial charge >= 0.3 is 5.97 Å². The lowest BCUT2D eigenvalue weighted by atomic mass is 10.1. The highest BCUT2D eigenvalue weighted by Crippen LogP contribution is 2.31. The maximum absolute atomic E-state index is 12.5. The van der Waals surface area contributed by atoms with E-state index >= 15 is 0 Å². The summed E-state index contributed by atoms with van der Waals surface area (Å²) in [7, 11) is 0. The van der Waals surface area contributed by atoms with E-state index in [1.807, 2.05) is 19.1 Å². The number of halogens is 1. The molecule has 0 fully saturated rings. The predicted octanol–water partition coefficient (Wildman–Crippen LogP) is 4.41. The molecule has 3 rings (SSSR count). The van der Waals surface area contributed by atoms with Gasteiger partial charge in [0, 0.05) is 11.3 Å². The van der Waals surface area contributed by atoms with Crippen molar-refractivity contribution in [3.05, 3.63) is 70.4 Å². The summed E-state index contributed by atoms with van der Waals surface area (Å²) in [4.78, 5) is 24.5. The lowest BCUT2D eigenvalue weighted by molar-refractivity contribution is -0.119. The van der Waals surface area contributed by atoms with E-state index in [0.29, 0.717) is 16.3 Å². The highest BCUT2D eigenvalue weighted by atomic mass is 35.5. The van der Waals surface area contributed by atoms with Gasteiger partial charge in [-0.1, -0.05) is 52.7 Å². The average Bonchev–Trinajstić information content (AvgIpc) is 3.03. The number of amides is 1. The molecule has 0 atom stereocenters. The fraction of sp³-hybridized carbons (Fsp3) is 0.150. The van der Waals surface area contributed by atoms with Gasteiger partial charge in [0.2, 0.25) is 0 Å². The van der Waals surface area contributed by atoms with Crippen molar-refractivity contribution in [2.45, 2.75) is 13.8 Å². The summed E-state index contributed by atoms with van der Waals surface area (Å²) in [5.74, 6) is -0.864. The molecule has 0 unspecified atom stereocenters. The number of rotatable bonds is 5. The second-order valence-corrected chi connectivity index (χ2v) is 6.34. The van der Waals surface area contributed by atoms with Crippen LogP contribution in [0.2, 0.25) is 5.02 Å². The molecule has 0 bridgehead atoms. The maximum Gasteiger partial charge on any atom is 0.344 e. The second-order valence-electron chi connectivity index (χ2n) is 5.93. The first-order valence-corrected chi connectivity index (χ1v) is 8.58. The van der Waals surface area contributed by atoms with E-state index in [-0.39, 0.29) is 17.0 Å². The quantitative estimate of drug-likeness (QED) is 0.659. The summed E-state index contributed by atoms with van der Waals surface area (Å²) >= 11 is 6.18. The van der Waals surface area contributed by atoms with Crippen LogP contribution in [-0.2, 0) is 9.53 Å². The molecule has 0 aliphatic heterocycles. The minimum absolute atomic E-state index is 0.145. The molecule has 2 aromatic carbocycles. The van der Waals surface area contributed by atoms with E-state index < -0.39 is 18.5 Å². The molecule has 1 aromatic heterocycles. The van der Waals surface area contributed by atoms with E-state index in [1.165, 1.54) is 0 Å². The predicted molar refractivity (Wildman–Crippen MR) is 102 cm³/mol. The molecule has 0 saturated heterocycles. The summed E-state index contributed by atoms with van der Waals surface area (Å²) in [6.07, 6.45) is 0. The van der Waals surface area contributed by atoms with Gasteiger partial charge in [-0.2, -0.15) is 0 Å². The van der Waals surface area contributed by atoms with Crippen molar-refractivity contribution in [3.63, 3.8) is 0 Å². The van der Waals surface area contributed by atoms with Gasteiger partial charge in [-0.3, -0.25) is 4.79 Å². The number of esters is 1. The Morgan fingerprint density at radius 2 is 1.81 bits per heavy atom. The van der Waals surface area contributed by atoms with E-state index in [1.54, 1.807) is 43.3 Å². The molecule has 0 spiro atoms. The van der Waals surface area contributed by atoms with Gasteiger partial charge < -0.3 is 14.6 Å². The molecule has 0 radical (unpaired) electrons. The molecule has 1 amide bonds. The second kappa shape index (κ2) is 8.05. The van der Waals surface area contributed by atoms with Crippen LogP contribution in [0.25, 0.3) is 11.3 Å². The van der Waals surface area contributed by atoms with Crippen LogP contribution >= 0.6 is 11.6 Å².